The number of anilines is 1. The highest BCUT2D eigenvalue weighted by Crippen LogP contribution is 2.38. The number of aryl methyl sites for hydroxylation is 1. The lowest BCUT2D eigenvalue weighted by molar-refractivity contribution is -0.119. The van der Waals surface area contributed by atoms with Gasteiger partial charge in [-0.3, -0.25) is 9.59 Å². The highest BCUT2D eigenvalue weighted by atomic mass is 32.1. The summed E-state index contributed by atoms with van der Waals surface area (Å²) in [5, 5.41) is 3.40. The fourth-order valence-electron chi connectivity index (χ4n) is 3.64. The van der Waals surface area contributed by atoms with Crippen LogP contribution >= 0.6 is 11.3 Å². The largest absolute Gasteiger partial charge is 0.462 e. The molecule has 0 fully saturated rings. The van der Waals surface area contributed by atoms with Gasteiger partial charge in [0.15, 0.2) is 12.0 Å². The summed E-state index contributed by atoms with van der Waals surface area (Å²) >= 11 is 1.35. The van der Waals surface area contributed by atoms with E-state index in [1.807, 2.05) is 0 Å². The molecule has 32 heavy (non-hydrogen) atoms. The van der Waals surface area contributed by atoms with Gasteiger partial charge in [-0.25, -0.2) is 9.59 Å². The summed E-state index contributed by atoms with van der Waals surface area (Å²) in [6.07, 6.45) is 3.60. The van der Waals surface area contributed by atoms with Crippen molar-refractivity contribution < 1.29 is 28.3 Å². The summed E-state index contributed by atoms with van der Waals surface area (Å²) in [4.78, 5) is 50.4. The molecule has 1 amide bonds. The Labute approximate surface area is 187 Å². The smallest absolute Gasteiger partial charge is 0.374 e. The summed E-state index contributed by atoms with van der Waals surface area (Å²) in [6.45, 7) is 1.35. The lowest BCUT2D eigenvalue weighted by Crippen LogP contribution is -2.22. The van der Waals surface area contributed by atoms with Crippen LogP contribution in [-0.4, -0.2) is 31.1 Å². The average Bonchev–Trinajstić information content (AvgIpc) is 3.15. The molecule has 1 aromatic carbocycles. The van der Waals surface area contributed by atoms with Crippen molar-refractivity contribution in [3.05, 3.63) is 62.3 Å². The predicted molar refractivity (Wildman–Crippen MR) is 118 cm³/mol. The summed E-state index contributed by atoms with van der Waals surface area (Å²) in [6, 6.07) is 7.56. The van der Waals surface area contributed by atoms with Crippen molar-refractivity contribution in [3.8, 4) is 0 Å². The Bertz CT molecular complexity index is 1260. The summed E-state index contributed by atoms with van der Waals surface area (Å²) in [5.41, 5.74) is 1.17. The molecule has 3 aromatic rings. The molecule has 0 aliphatic heterocycles. The number of para-hydroxylation sites is 1. The molecule has 0 radical (unpaired) electrons. The number of fused-ring (bicyclic) bond motifs is 2. The van der Waals surface area contributed by atoms with Crippen molar-refractivity contribution in [2.24, 2.45) is 0 Å². The van der Waals surface area contributed by atoms with Gasteiger partial charge in [0.05, 0.1) is 17.6 Å². The molecule has 1 aliphatic carbocycles. The molecule has 0 saturated heterocycles. The molecule has 2 heterocycles. The van der Waals surface area contributed by atoms with Crippen LogP contribution in [0.4, 0.5) is 5.00 Å². The Kier molecular flexibility index (Phi) is 6.36. The van der Waals surface area contributed by atoms with Gasteiger partial charge < -0.3 is 19.2 Å². The summed E-state index contributed by atoms with van der Waals surface area (Å²) in [7, 11) is 0. The van der Waals surface area contributed by atoms with Crippen molar-refractivity contribution in [1.29, 1.82) is 0 Å². The normalized spacial score (nSPS) is 12.8. The number of hydrogen-bond donors (Lipinski definition) is 1. The van der Waals surface area contributed by atoms with Crippen LogP contribution in [0.5, 0.6) is 0 Å². The minimum absolute atomic E-state index is 0.228. The molecule has 0 saturated carbocycles. The van der Waals surface area contributed by atoms with E-state index in [2.05, 4.69) is 5.32 Å². The Morgan fingerprint density at radius 1 is 1.09 bits per heavy atom. The number of esters is 2. The topological polar surface area (TPSA) is 112 Å². The van der Waals surface area contributed by atoms with E-state index in [1.165, 1.54) is 11.3 Å². The molecule has 0 atom stereocenters. The van der Waals surface area contributed by atoms with E-state index < -0.39 is 24.5 Å². The Balaban J connectivity index is 1.46. The third-order valence-electron chi connectivity index (χ3n) is 5.07. The fraction of sp³-hybridized carbons (Fsp3) is 0.304. The van der Waals surface area contributed by atoms with Gasteiger partial charge in [-0.2, -0.15) is 0 Å². The van der Waals surface area contributed by atoms with Crippen LogP contribution in [0.25, 0.3) is 11.0 Å². The molecule has 1 aliphatic rings. The quantitative estimate of drug-likeness (QED) is 0.564. The van der Waals surface area contributed by atoms with Crippen LogP contribution in [-0.2, 0) is 27.1 Å². The molecule has 8 nitrogen and oxygen atoms in total. The summed E-state index contributed by atoms with van der Waals surface area (Å²) < 4.78 is 15.6. The van der Waals surface area contributed by atoms with Gasteiger partial charge in [-0.1, -0.05) is 12.1 Å². The molecular weight excluding hydrogens is 434 g/mol. The summed E-state index contributed by atoms with van der Waals surface area (Å²) in [5.74, 6) is -2.30. The van der Waals surface area contributed by atoms with E-state index in [0.717, 1.165) is 42.2 Å². The Morgan fingerprint density at radius 3 is 2.69 bits per heavy atom. The number of ether oxygens (including phenoxy) is 2. The van der Waals surface area contributed by atoms with Crippen molar-refractivity contribution in [2.45, 2.75) is 32.6 Å². The monoisotopic (exact) mass is 455 g/mol. The van der Waals surface area contributed by atoms with Gasteiger partial charge in [0.25, 0.3) is 5.91 Å². The van der Waals surface area contributed by atoms with Crippen molar-refractivity contribution >= 4 is 45.2 Å². The third-order valence-corrected chi connectivity index (χ3v) is 6.28. The number of amides is 1. The van der Waals surface area contributed by atoms with Crippen molar-refractivity contribution in [2.75, 3.05) is 18.5 Å². The predicted octanol–water partition coefficient (Wildman–Crippen LogP) is 3.71. The zero-order chi connectivity index (χ0) is 22.7. The van der Waals surface area contributed by atoms with Crippen LogP contribution in [0.2, 0.25) is 0 Å². The molecule has 4 rings (SSSR count). The molecular formula is C23H21NO7S. The Morgan fingerprint density at radius 2 is 1.88 bits per heavy atom. The van der Waals surface area contributed by atoms with Crippen molar-refractivity contribution in [1.82, 2.24) is 0 Å². The van der Waals surface area contributed by atoms with Crippen LogP contribution in [0.15, 0.2) is 39.5 Å². The van der Waals surface area contributed by atoms with Gasteiger partial charge in [0.2, 0.25) is 5.76 Å². The van der Waals surface area contributed by atoms with E-state index in [-0.39, 0.29) is 23.4 Å². The second kappa shape index (κ2) is 9.35. The number of nitrogens with one attached hydrogen (secondary N) is 1. The molecule has 9 heteroatoms. The number of hydrogen-bond acceptors (Lipinski definition) is 8. The number of carbonyl (C=O) groups excluding carboxylic acids is 3. The van der Waals surface area contributed by atoms with Crippen LogP contribution < -0.4 is 10.7 Å². The molecule has 0 spiro atoms. The van der Waals surface area contributed by atoms with Crippen LogP contribution in [0, 0.1) is 0 Å². The van der Waals surface area contributed by atoms with Gasteiger partial charge in [-0.15, -0.1) is 11.3 Å². The van der Waals surface area contributed by atoms with Crippen molar-refractivity contribution in [3.63, 3.8) is 0 Å². The van der Waals surface area contributed by atoms with Gasteiger partial charge in [0, 0.05) is 10.9 Å². The van der Waals surface area contributed by atoms with E-state index in [1.54, 1.807) is 31.2 Å². The third kappa shape index (κ3) is 4.43. The maximum Gasteiger partial charge on any atom is 0.374 e. The first-order chi connectivity index (χ1) is 15.5. The van der Waals surface area contributed by atoms with Crippen LogP contribution in [0.3, 0.4) is 0 Å². The molecule has 0 unspecified atom stereocenters. The van der Waals surface area contributed by atoms with Gasteiger partial charge >= 0.3 is 11.9 Å². The number of rotatable bonds is 6. The maximum absolute atomic E-state index is 12.5. The van der Waals surface area contributed by atoms with Gasteiger partial charge in [0.1, 0.15) is 10.6 Å². The lowest BCUT2D eigenvalue weighted by Gasteiger charge is -2.12. The second-order valence-electron chi connectivity index (χ2n) is 7.23. The second-order valence-corrected chi connectivity index (χ2v) is 8.34. The molecule has 2 aromatic heterocycles. The zero-order valence-corrected chi connectivity index (χ0v) is 18.2. The zero-order valence-electron chi connectivity index (χ0n) is 17.4. The minimum atomic E-state index is -0.931. The fourth-order valence-corrected chi connectivity index (χ4v) is 4.94. The first kappa shape index (κ1) is 21.8. The minimum Gasteiger partial charge on any atom is -0.462 e. The van der Waals surface area contributed by atoms with E-state index in [4.69, 9.17) is 13.9 Å². The number of carbonyl (C=O) groups is 3. The average molecular weight is 455 g/mol. The standard InChI is InChI=1S/C23H21NO7S/c1-2-29-23(28)20-14-8-4-6-10-18(14)32-21(20)24-19(26)12-30-22(27)17-11-15(25)13-7-3-5-9-16(13)31-17/h3,5,7,9,11H,2,4,6,8,10,12H2,1H3,(H,24,26). The van der Waals surface area contributed by atoms with E-state index in [0.29, 0.717) is 16.0 Å². The SMILES string of the molecule is CCOC(=O)c1c(NC(=O)COC(=O)c2cc(=O)c3ccccc3o2)sc2c1CCCC2. The molecule has 0 bridgehead atoms. The van der Waals surface area contributed by atoms with E-state index >= 15 is 0 Å². The lowest BCUT2D eigenvalue weighted by atomic mass is 9.95. The van der Waals surface area contributed by atoms with Crippen LogP contribution in [0.1, 0.15) is 51.1 Å². The first-order valence-electron chi connectivity index (χ1n) is 10.3. The highest BCUT2D eigenvalue weighted by Gasteiger charge is 2.27. The molecule has 166 valence electrons. The highest BCUT2D eigenvalue weighted by molar-refractivity contribution is 7.17. The number of thiophene rings is 1. The maximum atomic E-state index is 12.5. The number of benzene rings is 1. The van der Waals surface area contributed by atoms with Gasteiger partial charge in [-0.05, 0) is 50.3 Å². The molecule has 1 N–H and O–H groups in total. The van der Waals surface area contributed by atoms with E-state index in [9.17, 15) is 19.2 Å². The first-order valence-corrected chi connectivity index (χ1v) is 11.1. The Hall–Kier alpha value is -3.46.